The summed E-state index contributed by atoms with van der Waals surface area (Å²) in [5.41, 5.74) is 18.6. The van der Waals surface area contributed by atoms with E-state index < -0.39 is 0 Å². The summed E-state index contributed by atoms with van der Waals surface area (Å²) < 4.78 is 13.5. The molecule has 0 fully saturated rings. The monoisotopic (exact) mass is 819 g/mol. The van der Waals surface area contributed by atoms with E-state index in [4.69, 9.17) is 8.83 Å². The molecule has 64 heavy (non-hydrogen) atoms. The quantitative estimate of drug-likeness (QED) is 0.167. The van der Waals surface area contributed by atoms with E-state index in [1.54, 1.807) is 0 Å². The zero-order chi connectivity index (χ0) is 42.5. The molecule has 3 nitrogen and oxygen atoms in total. The lowest BCUT2D eigenvalue weighted by Gasteiger charge is -2.27. The van der Waals surface area contributed by atoms with Gasteiger partial charge in [-0.25, -0.2) is 0 Å². The molecule has 0 spiro atoms. The molecule has 0 aliphatic heterocycles. The fraction of sp³-hybridized carbons (Fsp3) is 0.0492. The lowest BCUT2D eigenvalue weighted by atomic mass is 9.81. The van der Waals surface area contributed by atoms with Gasteiger partial charge in [0.05, 0.1) is 5.69 Å². The van der Waals surface area contributed by atoms with Crippen LogP contribution in [-0.4, -0.2) is 0 Å². The molecule has 10 aromatic carbocycles. The molecule has 0 saturated carbocycles. The predicted octanol–water partition coefficient (Wildman–Crippen LogP) is 17.4. The summed E-state index contributed by atoms with van der Waals surface area (Å²) in [6.07, 6.45) is 0. The number of nitrogens with zero attached hydrogens (tertiary/aromatic N) is 1. The highest BCUT2D eigenvalue weighted by molar-refractivity contribution is 6.20. The molecule has 1 aliphatic rings. The van der Waals surface area contributed by atoms with Crippen LogP contribution in [-0.2, 0) is 5.41 Å². The van der Waals surface area contributed by atoms with Crippen LogP contribution < -0.4 is 4.90 Å². The third kappa shape index (κ3) is 5.54. The van der Waals surface area contributed by atoms with Crippen molar-refractivity contribution in [1.82, 2.24) is 0 Å². The van der Waals surface area contributed by atoms with E-state index in [1.165, 1.54) is 33.4 Å². The Bertz CT molecular complexity index is 3800. The molecule has 3 heteroatoms. The van der Waals surface area contributed by atoms with Gasteiger partial charge in [0.15, 0.2) is 0 Å². The lowest BCUT2D eigenvalue weighted by Crippen LogP contribution is -2.14. The molecule has 0 unspecified atom stereocenters. The van der Waals surface area contributed by atoms with Gasteiger partial charge in [-0.3, -0.25) is 0 Å². The van der Waals surface area contributed by atoms with Gasteiger partial charge in [0.2, 0.25) is 0 Å². The molecule has 0 N–H and O–H groups in total. The van der Waals surface area contributed by atoms with E-state index in [0.29, 0.717) is 0 Å². The largest absolute Gasteiger partial charge is 0.455 e. The molecular weight excluding hydrogens is 779 g/mol. The van der Waals surface area contributed by atoms with Crippen molar-refractivity contribution in [3.8, 4) is 44.5 Å². The Hall–Kier alpha value is -8.14. The first-order valence-electron chi connectivity index (χ1n) is 22.1. The highest BCUT2D eigenvalue weighted by Gasteiger charge is 2.35. The Labute approximate surface area is 371 Å². The molecular formula is C61H41NO2. The summed E-state index contributed by atoms with van der Waals surface area (Å²) in [6.45, 7) is 4.71. The van der Waals surface area contributed by atoms with Crippen molar-refractivity contribution >= 4 is 71.7 Å². The van der Waals surface area contributed by atoms with Crippen molar-refractivity contribution in [1.29, 1.82) is 0 Å². The van der Waals surface area contributed by atoms with Gasteiger partial charge in [0.1, 0.15) is 22.3 Å². The maximum absolute atomic E-state index is 7.06. The van der Waals surface area contributed by atoms with E-state index in [2.05, 4.69) is 219 Å². The molecule has 0 amide bonds. The number of hydrogen-bond donors (Lipinski definition) is 0. The summed E-state index contributed by atoms with van der Waals surface area (Å²) in [5.74, 6) is 0. The van der Waals surface area contributed by atoms with Gasteiger partial charge in [-0.1, -0.05) is 172 Å². The minimum atomic E-state index is -0.145. The molecule has 0 radical (unpaired) electrons. The fourth-order valence-electron chi connectivity index (χ4n) is 10.5. The van der Waals surface area contributed by atoms with Crippen molar-refractivity contribution in [3.63, 3.8) is 0 Å². The molecule has 12 aromatic rings. The number of rotatable bonds is 6. The second-order valence-corrected chi connectivity index (χ2v) is 17.6. The number of para-hydroxylation sites is 2. The normalized spacial score (nSPS) is 13.0. The first-order valence-corrected chi connectivity index (χ1v) is 22.1. The van der Waals surface area contributed by atoms with E-state index >= 15 is 0 Å². The third-order valence-electron chi connectivity index (χ3n) is 13.7. The average Bonchev–Trinajstić information content (AvgIpc) is 4.00. The number of benzene rings is 10. The van der Waals surface area contributed by atoms with Gasteiger partial charge in [-0.05, 0) is 104 Å². The molecule has 302 valence electrons. The SMILES string of the molecule is CC1(C)c2ccccc2-c2ccc(-c3cc(N(c4ccc(-c5ccccc5)cc4)c4ccc(-c5cccc6c5oc5ccccc56)cc4)cc4oc5c6ccccc6ccc5c34)cc21. The van der Waals surface area contributed by atoms with Gasteiger partial charge < -0.3 is 13.7 Å². The van der Waals surface area contributed by atoms with Crippen LogP contribution >= 0.6 is 0 Å². The van der Waals surface area contributed by atoms with Crippen molar-refractivity contribution in [2.45, 2.75) is 19.3 Å². The molecule has 0 saturated heterocycles. The zero-order valence-electron chi connectivity index (χ0n) is 35.5. The molecule has 0 atom stereocenters. The second-order valence-electron chi connectivity index (χ2n) is 17.6. The van der Waals surface area contributed by atoms with E-state index in [0.717, 1.165) is 94.0 Å². The van der Waals surface area contributed by atoms with Crippen molar-refractivity contribution in [2.24, 2.45) is 0 Å². The number of fused-ring (bicyclic) bond motifs is 11. The van der Waals surface area contributed by atoms with Gasteiger partial charge in [0, 0.05) is 55.4 Å². The fourth-order valence-corrected chi connectivity index (χ4v) is 10.5. The topological polar surface area (TPSA) is 29.5 Å². The lowest BCUT2D eigenvalue weighted by molar-refractivity contribution is 0.660. The summed E-state index contributed by atoms with van der Waals surface area (Å²) in [7, 11) is 0. The smallest absolute Gasteiger partial charge is 0.143 e. The highest BCUT2D eigenvalue weighted by atomic mass is 16.3. The number of furan rings is 2. The standard InChI is InChI=1S/C61H41NO2/c1-61(2)54-21-10-8-17-48(54)49-33-28-42(35-55(49)61)53-36-45(37-57-58(53)52-34-27-40-15-6-7-16-46(40)60(52)64-57)62(43-29-23-39(24-30-43)38-13-4-3-5-14-38)44-31-25-41(26-32-44)47-19-12-20-51-50-18-9-11-22-56(50)63-59(47)51/h3-37H,1-2H3. The Balaban J connectivity index is 1.03. The van der Waals surface area contributed by atoms with Crippen LogP contribution in [0, 0.1) is 0 Å². The van der Waals surface area contributed by atoms with Crippen molar-refractivity contribution in [3.05, 3.63) is 223 Å². The van der Waals surface area contributed by atoms with Crippen LogP contribution in [0.1, 0.15) is 25.0 Å². The van der Waals surface area contributed by atoms with Gasteiger partial charge in [-0.2, -0.15) is 0 Å². The molecule has 2 aromatic heterocycles. The van der Waals surface area contributed by atoms with Gasteiger partial charge in [0.25, 0.3) is 0 Å². The minimum Gasteiger partial charge on any atom is -0.455 e. The van der Waals surface area contributed by atoms with E-state index in [-0.39, 0.29) is 5.41 Å². The summed E-state index contributed by atoms with van der Waals surface area (Å²) in [6, 6.07) is 76.6. The van der Waals surface area contributed by atoms with Crippen molar-refractivity contribution < 1.29 is 8.83 Å². The minimum absolute atomic E-state index is 0.145. The molecule has 2 heterocycles. The second kappa shape index (κ2) is 13.9. The van der Waals surface area contributed by atoms with Crippen molar-refractivity contribution in [2.75, 3.05) is 4.90 Å². The summed E-state index contributed by atoms with van der Waals surface area (Å²) >= 11 is 0. The van der Waals surface area contributed by atoms with Crippen LogP contribution in [0.5, 0.6) is 0 Å². The van der Waals surface area contributed by atoms with Crippen LogP contribution in [0.3, 0.4) is 0 Å². The predicted molar refractivity (Wildman–Crippen MR) is 267 cm³/mol. The third-order valence-corrected chi connectivity index (χ3v) is 13.7. The Morgan fingerprint density at radius 3 is 1.80 bits per heavy atom. The van der Waals surface area contributed by atoms with E-state index in [1.807, 2.05) is 12.1 Å². The molecule has 13 rings (SSSR count). The maximum atomic E-state index is 7.06. The summed E-state index contributed by atoms with van der Waals surface area (Å²) in [4.78, 5) is 2.36. The Morgan fingerprint density at radius 2 is 0.969 bits per heavy atom. The van der Waals surface area contributed by atoms with Gasteiger partial charge >= 0.3 is 0 Å². The Morgan fingerprint density at radius 1 is 0.344 bits per heavy atom. The first kappa shape index (κ1) is 36.5. The number of anilines is 3. The molecule has 0 bridgehead atoms. The summed E-state index contributed by atoms with van der Waals surface area (Å²) in [5, 5.41) is 6.75. The zero-order valence-corrected chi connectivity index (χ0v) is 35.5. The Kier molecular flexibility index (Phi) is 7.95. The van der Waals surface area contributed by atoms with Crippen LogP contribution in [0.2, 0.25) is 0 Å². The van der Waals surface area contributed by atoms with Gasteiger partial charge in [-0.15, -0.1) is 0 Å². The van der Waals surface area contributed by atoms with E-state index in [9.17, 15) is 0 Å². The maximum Gasteiger partial charge on any atom is 0.143 e. The highest BCUT2D eigenvalue weighted by Crippen LogP contribution is 2.51. The average molecular weight is 820 g/mol. The van der Waals surface area contributed by atoms with Crippen LogP contribution in [0.4, 0.5) is 17.1 Å². The number of hydrogen-bond acceptors (Lipinski definition) is 3. The van der Waals surface area contributed by atoms with Crippen LogP contribution in [0.25, 0.3) is 99.2 Å². The first-order chi connectivity index (χ1) is 31.5. The van der Waals surface area contributed by atoms with Crippen LogP contribution in [0.15, 0.2) is 221 Å². The molecule has 1 aliphatic carbocycles.